The lowest BCUT2D eigenvalue weighted by Gasteiger charge is -2.34. The molecule has 0 saturated carbocycles. The number of rotatable bonds is 6. The summed E-state index contributed by atoms with van der Waals surface area (Å²) in [5.41, 5.74) is 0.129. The maximum atomic E-state index is 14.9. The Kier molecular flexibility index (Phi) is 6.72. The van der Waals surface area contributed by atoms with Crippen molar-refractivity contribution in [2.75, 3.05) is 11.5 Å². The smallest absolute Gasteiger partial charge is 0.334 e. The molecule has 0 unspecified atom stereocenters. The number of fused-ring (bicyclic) bond motifs is 1. The first kappa shape index (κ1) is 25.9. The van der Waals surface area contributed by atoms with E-state index in [1.807, 2.05) is 34.6 Å². The lowest BCUT2D eigenvalue weighted by molar-refractivity contribution is 0.0900. The highest BCUT2D eigenvalue weighted by Crippen LogP contribution is 2.27. The van der Waals surface area contributed by atoms with Crippen LogP contribution in [0.15, 0.2) is 35.3 Å². The van der Waals surface area contributed by atoms with E-state index in [1.54, 1.807) is 18.2 Å². The SMILES string of the molecule is CC(C)Oc1cc(-n2c(=O)n(C(C)C)c3cc(C(=O)NC4(C)CCS(=O)(=O)CC4)ccc32)c(F)cn1. The molecule has 36 heavy (non-hydrogen) atoms. The molecule has 11 heteroatoms. The molecule has 4 rings (SSSR count). The van der Waals surface area contributed by atoms with E-state index in [0.29, 0.717) is 29.4 Å². The number of carbonyl (C=O) groups excluding carboxylic acids is 1. The van der Waals surface area contributed by atoms with Crippen LogP contribution in [0.5, 0.6) is 5.88 Å². The summed E-state index contributed by atoms with van der Waals surface area (Å²) in [6.45, 7) is 9.14. The number of benzene rings is 1. The number of ether oxygens (including phenoxy) is 1. The zero-order chi connectivity index (χ0) is 26.4. The van der Waals surface area contributed by atoms with Gasteiger partial charge in [0.05, 0.1) is 40.5 Å². The Morgan fingerprint density at radius 1 is 1.14 bits per heavy atom. The third-order valence-electron chi connectivity index (χ3n) is 6.40. The van der Waals surface area contributed by atoms with Gasteiger partial charge in [-0.2, -0.15) is 0 Å². The topological polar surface area (TPSA) is 112 Å². The molecule has 0 aliphatic carbocycles. The van der Waals surface area contributed by atoms with E-state index in [9.17, 15) is 22.4 Å². The van der Waals surface area contributed by atoms with E-state index in [1.165, 1.54) is 15.2 Å². The Hall–Kier alpha value is -3.21. The number of nitrogens with one attached hydrogen (secondary N) is 1. The minimum atomic E-state index is -3.08. The molecule has 1 saturated heterocycles. The number of pyridine rings is 1. The van der Waals surface area contributed by atoms with E-state index in [4.69, 9.17) is 4.74 Å². The summed E-state index contributed by atoms with van der Waals surface area (Å²) < 4.78 is 46.8. The van der Waals surface area contributed by atoms with E-state index in [0.717, 1.165) is 6.20 Å². The summed E-state index contributed by atoms with van der Waals surface area (Å²) in [5, 5.41) is 2.97. The fourth-order valence-corrected chi connectivity index (χ4v) is 6.17. The van der Waals surface area contributed by atoms with Crippen molar-refractivity contribution in [2.24, 2.45) is 0 Å². The fourth-order valence-electron chi connectivity index (χ4n) is 4.44. The molecule has 2 aromatic heterocycles. The zero-order valence-corrected chi connectivity index (χ0v) is 21.9. The molecule has 1 fully saturated rings. The van der Waals surface area contributed by atoms with Gasteiger partial charge in [-0.05, 0) is 65.7 Å². The number of sulfone groups is 1. The molecule has 0 bridgehead atoms. The largest absolute Gasteiger partial charge is 0.475 e. The predicted octanol–water partition coefficient (Wildman–Crippen LogP) is 3.39. The Labute approximate surface area is 209 Å². The van der Waals surface area contributed by atoms with E-state index >= 15 is 0 Å². The third kappa shape index (κ3) is 5.02. The van der Waals surface area contributed by atoms with Crippen molar-refractivity contribution in [3.8, 4) is 11.6 Å². The first-order chi connectivity index (χ1) is 16.8. The molecule has 1 aliphatic heterocycles. The summed E-state index contributed by atoms with van der Waals surface area (Å²) >= 11 is 0. The maximum Gasteiger partial charge on any atom is 0.334 e. The van der Waals surface area contributed by atoms with Gasteiger partial charge in [0.1, 0.15) is 9.84 Å². The Morgan fingerprint density at radius 3 is 2.42 bits per heavy atom. The van der Waals surface area contributed by atoms with Crippen LogP contribution in [0.4, 0.5) is 4.39 Å². The van der Waals surface area contributed by atoms with Gasteiger partial charge in [-0.1, -0.05) is 0 Å². The number of halogens is 1. The normalized spacial score (nSPS) is 17.0. The second-order valence-corrected chi connectivity index (χ2v) is 12.4. The summed E-state index contributed by atoms with van der Waals surface area (Å²) in [5.74, 6) is -0.802. The van der Waals surface area contributed by atoms with Crippen molar-refractivity contribution in [2.45, 2.75) is 65.1 Å². The molecule has 194 valence electrons. The Bertz CT molecular complexity index is 1480. The molecule has 0 atom stereocenters. The highest BCUT2D eigenvalue weighted by Gasteiger charge is 2.35. The fraction of sp³-hybridized carbons (Fsp3) is 0.480. The van der Waals surface area contributed by atoms with Gasteiger partial charge in [-0.25, -0.2) is 22.6 Å². The van der Waals surface area contributed by atoms with Crippen molar-refractivity contribution in [1.82, 2.24) is 19.4 Å². The molecule has 1 aromatic carbocycles. The number of hydrogen-bond donors (Lipinski definition) is 1. The molecular formula is C25H31FN4O5S. The lowest BCUT2D eigenvalue weighted by Crippen LogP contribution is -2.50. The number of carbonyl (C=O) groups is 1. The molecule has 9 nitrogen and oxygen atoms in total. The summed E-state index contributed by atoms with van der Waals surface area (Å²) in [7, 11) is -3.08. The lowest BCUT2D eigenvalue weighted by atomic mass is 9.94. The highest BCUT2D eigenvalue weighted by molar-refractivity contribution is 7.91. The molecular weight excluding hydrogens is 487 g/mol. The van der Waals surface area contributed by atoms with Crippen LogP contribution in [0.3, 0.4) is 0 Å². The number of amides is 1. The molecule has 3 heterocycles. The second kappa shape index (κ2) is 9.34. The number of imidazole rings is 1. The van der Waals surface area contributed by atoms with Crippen LogP contribution in [-0.4, -0.2) is 51.6 Å². The van der Waals surface area contributed by atoms with Crippen LogP contribution >= 0.6 is 0 Å². The van der Waals surface area contributed by atoms with Crippen molar-refractivity contribution in [3.05, 3.63) is 52.3 Å². The van der Waals surface area contributed by atoms with Gasteiger partial charge >= 0.3 is 5.69 Å². The predicted molar refractivity (Wildman–Crippen MR) is 135 cm³/mol. The minimum absolute atomic E-state index is 0.00294. The maximum absolute atomic E-state index is 14.9. The average Bonchev–Trinajstić information content (AvgIpc) is 3.08. The van der Waals surface area contributed by atoms with Crippen LogP contribution in [0.2, 0.25) is 0 Å². The van der Waals surface area contributed by atoms with Crippen LogP contribution < -0.4 is 15.7 Å². The molecule has 0 radical (unpaired) electrons. The Morgan fingerprint density at radius 2 is 1.81 bits per heavy atom. The summed E-state index contributed by atoms with van der Waals surface area (Å²) in [6, 6.07) is 5.92. The second-order valence-electron chi connectivity index (χ2n) is 10.1. The van der Waals surface area contributed by atoms with Gasteiger partial charge in [0.2, 0.25) is 5.88 Å². The first-order valence-corrected chi connectivity index (χ1v) is 13.7. The van der Waals surface area contributed by atoms with Crippen LogP contribution in [-0.2, 0) is 9.84 Å². The highest BCUT2D eigenvalue weighted by atomic mass is 32.2. The molecule has 0 spiro atoms. The molecule has 1 amide bonds. The quantitative estimate of drug-likeness (QED) is 0.535. The van der Waals surface area contributed by atoms with Crippen molar-refractivity contribution >= 4 is 26.8 Å². The molecule has 3 aromatic rings. The van der Waals surface area contributed by atoms with Crippen LogP contribution in [0, 0.1) is 5.82 Å². The minimum Gasteiger partial charge on any atom is -0.475 e. The van der Waals surface area contributed by atoms with Gasteiger partial charge in [0.25, 0.3) is 5.91 Å². The van der Waals surface area contributed by atoms with Crippen LogP contribution in [0.1, 0.15) is 63.9 Å². The van der Waals surface area contributed by atoms with E-state index < -0.39 is 26.9 Å². The zero-order valence-electron chi connectivity index (χ0n) is 21.0. The van der Waals surface area contributed by atoms with Crippen molar-refractivity contribution in [3.63, 3.8) is 0 Å². The third-order valence-corrected chi connectivity index (χ3v) is 8.06. The monoisotopic (exact) mass is 518 g/mol. The van der Waals surface area contributed by atoms with Gasteiger partial charge in [-0.3, -0.25) is 13.9 Å². The number of hydrogen-bond acceptors (Lipinski definition) is 6. The standard InChI is InChI=1S/C25H31FN4O5S/c1-15(2)29-21-12-17(23(31)28-25(5)8-10-36(33,34)11-9-25)6-7-19(21)30(24(29)32)20-13-22(35-16(3)4)27-14-18(20)26/h6-7,12-16H,8-11H2,1-5H3,(H,28,31). The molecule has 1 aliphatic rings. The van der Waals surface area contributed by atoms with Crippen LogP contribution in [0.25, 0.3) is 16.7 Å². The Balaban J connectivity index is 1.77. The average molecular weight is 519 g/mol. The number of aromatic nitrogens is 3. The van der Waals surface area contributed by atoms with Gasteiger partial charge in [0.15, 0.2) is 5.82 Å². The summed E-state index contributed by atoms with van der Waals surface area (Å²) in [6.07, 6.45) is 1.50. The van der Waals surface area contributed by atoms with Gasteiger partial charge < -0.3 is 10.1 Å². The van der Waals surface area contributed by atoms with Crippen molar-refractivity contribution < 1.29 is 22.3 Å². The number of nitrogens with zero attached hydrogens (tertiary/aromatic N) is 3. The van der Waals surface area contributed by atoms with E-state index in [-0.39, 0.29) is 41.1 Å². The van der Waals surface area contributed by atoms with Gasteiger partial charge in [0, 0.05) is 23.2 Å². The van der Waals surface area contributed by atoms with Gasteiger partial charge in [-0.15, -0.1) is 0 Å². The van der Waals surface area contributed by atoms with E-state index in [2.05, 4.69) is 10.3 Å². The first-order valence-electron chi connectivity index (χ1n) is 11.9. The molecule has 1 N–H and O–H groups in total. The van der Waals surface area contributed by atoms with Crippen molar-refractivity contribution in [1.29, 1.82) is 0 Å². The summed E-state index contributed by atoms with van der Waals surface area (Å²) in [4.78, 5) is 30.5.